The first-order valence-electron chi connectivity index (χ1n) is 11.6. The van der Waals surface area contributed by atoms with Crippen molar-refractivity contribution in [1.82, 2.24) is 0 Å². The fraction of sp³-hybridized carbons (Fsp3) is 0. The first-order valence-corrected chi connectivity index (χ1v) is 15.5. The van der Waals surface area contributed by atoms with Crippen molar-refractivity contribution in [2.45, 2.75) is 0 Å². The second-order valence-electron chi connectivity index (χ2n) is 8.38. The summed E-state index contributed by atoms with van der Waals surface area (Å²) < 4.78 is 0. The predicted octanol–water partition coefficient (Wildman–Crippen LogP) is 7.92. The molecule has 0 nitrogen and oxygen atoms in total. The summed E-state index contributed by atoms with van der Waals surface area (Å²) in [6, 6.07) is 55.9. The molecule has 5 aromatic rings. The van der Waals surface area contributed by atoms with Crippen LogP contribution in [0.1, 0.15) is 11.1 Å². The number of hydrogen-bond donors (Lipinski definition) is 0. The van der Waals surface area contributed by atoms with Crippen molar-refractivity contribution >= 4 is 41.1 Å². The molecule has 0 amide bonds. The van der Waals surface area contributed by atoms with Crippen LogP contribution in [0.4, 0.5) is 0 Å². The quantitative estimate of drug-likeness (QED) is 0.221. The van der Waals surface area contributed by atoms with Gasteiger partial charge in [0.2, 0.25) is 0 Å². The standard InChI is InChI=1S/C32H25P2/c1-6-16-26(17-7-1)31-32(27-18-8-2-9-19-27)33(31)34(28-20-10-3-11-21-28,29-22-12-4-13-23-29)30-24-14-5-15-25-30/h1-25H/q+1. The van der Waals surface area contributed by atoms with Gasteiger partial charge in [-0.3, -0.25) is 0 Å². The summed E-state index contributed by atoms with van der Waals surface area (Å²) in [4.78, 5) is 0. The SMILES string of the molecule is c1ccc(C2=C(c3ccccc3)P2[P+](c2ccccc2)(c2ccccc2)c2ccccc2)cc1. The molecule has 0 aromatic heterocycles. The Kier molecular flexibility index (Phi) is 5.72. The normalized spacial score (nSPS) is 13.6. The van der Waals surface area contributed by atoms with Gasteiger partial charge in [-0.25, -0.2) is 0 Å². The van der Waals surface area contributed by atoms with E-state index in [9.17, 15) is 0 Å². The summed E-state index contributed by atoms with van der Waals surface area (Å²) in [7, 11) is -0.562. The largest absolute Gasteiger partial charge is 0.139 e. The van der Waals surface area contributed by atoms with E-state index in [4.69, 9.17) is 0 Å². The van der Waals surface area contributed by atoms with Gasteiger partial charge in [0.1, 0.15) is 30.5 Å². The third-order valence-corrected chi connectivity index (χ3v) is 16.8. The highest BCUT2D eigenvalue weighted by Crippen LogP contribution is 3.00. The van der Waals surface area contributed by atoms with Crippen LogP contribution < -0.4 is 15.9 Å². The van der Waals surface area contributed by atoms with Crippen LogP contribution >= 0.6 is 14.6 Å². The molecule has 0 fully saturated rings. The zero-order valence-corrected chi connectivity index (χ0v) is 20.6. The summed E-state index contributed by atoms with van der Waals surface area (Å²) >= 11 is 0. The van der Waals surface area contributed by atoms with E-state index in [1.807, 2.05) is 0 Å². The van der Waals surface area contributed by atoms with Crippen LogP contribution in [0.5, 0.6) is 0 Å². The number of hydrogen-bond acceptors (Lipinski definition) is 0. The zero-order chi connectivity index (χ0) is 22.8. The maximum Gasteiger partial charge on any atom is 0.139 e. The molecule has 5 aromatic carbocycles. The molecule has 0 atom stereocenters. The van der Waals surface area contributed by atoms with Gasteiger partial charge in [-0.2, -0.15) is 0 Å². The third kappa shape index (κ3) is 3.56. The monoisotopic (exact) mass is 471 g/mol. The minimum atomic E-state index is -1.97. The summed E-state index contributed by atoms with van der Waals surface area (Å²) in [6.45, 7) is -1.97. The van der Waals surface area contributed by atoms with E-state index < -0.39 is 14.6 Å². The van der Waals surface area contributed by atoms with Gasteiger partial charge in [-0.1, -0.05) is 115 Å². The molecule has 1 aliphatic rings. The van der Waals surface area contributed by atoms with Crippen molar-refractivity contribution < 1.29 is 0 Å². The molecule has 6 rings (SSSR count). The molecule has 1 aliphatic heterocycles. The molecule has 0 saturated carbocycles. The maximum atomic E-state index is 2.36. The van der Waals surface area contributed by atoms with E-state index >= 15 is 0 Å². The van der Waals surface area contributed by atoms with E-state index in [0.717, 1.165) is 0 Å². The number of benzene rings is 5. The van der Waals surface area contributed by atoms with Crippen molar-refractivity contribution in [2.24, 2.45) is 0 Å². The van der Waals surface area contributed by atoms with Crippen molar-refractivity contribution in [2.75, 3.05) is 0 Å². The molecule has 162 valence electrons. The Hall–Kier alpha value is -3.30. The van der Waals surface area contributed by atoms with Crippen molar-refractivity contribution in [3.8, 4) is 0 Å². The van der Waals surface area contributed by atoms with E-state index in [1.165, 1.54) is 27.0 Å². The molecule has 0 unspecified atom stereocenters. The molecular formula is C32H25P2+. The average molecular weight is 472 g/mol. The van der Waals surface area contributed by atoms with Crippen LogP contribution in [0.3, 0.4) is 0 Å². The highest BCUT2D eigenvalue weighted by Gasteiger charge is 2.64. The van der Waals surface area contributed by atoms with Gasteiger partial charge in [0.15, 0.2) is 0 Å². The second-order valence-corrected chi connectivity index (χ2v) is 15.7. The smallest absolute Gasteiger partial charge is 0.0622 e. The lowest BCUT2D eigenvalue weighted by Gasteiger charge is -2.28. The molecule has 0 bridgehead atoms. The van der Waals surface area contributed by atoms with Crippen LogP contribution in [0.15, 0.2) is 152 Å². The maximum absolute atomic E-state index is 2.36. The third-order valence-electron chi connectivity index (χ3n) is 6.38. The van der Waals surface area contributed by atoms with Crippen LogP contribution in [-0.2, 0) is 0 Å². The van der Waals surface area contributed by atoms with E-state index in [-0.39, 0.29) is 0 Å². The lowest BCUT2D eigenvalue weighted by atomic mass is 10.1. The molecule has 0 radical (unpaired) electrons. The molecule has 34 heavy (non-hydrogen) atoms. The molecule has 2 heteroatoms. The van der Waals surface area contributed by atoms with Crippen molar-refractivity contribution in [3.05, 3.63) is 163 Å². The average Bonchev–Trinajstić information content (AvgIpc) is 3.68. The Bertz CT molecular complexity index is 1270. The van der Waals surface area contributed by atoms with Crippen LogP contribution in [-0.4, -0.2) is 0 Å². The Morgan fingerprint density at radius 2 is 0.588 bits per heavy atom. The minimum absolute atomic E-state index is 0.562. The Labute approximate surface area is 203 Å². The van der Waals surface area contributed by atoms with Gasteiger partial charge < -0.3 is 0 Å². The Morgan fingerprint density at radius 3 is 0.882 bits per heavy atom. The van der Waals surface area contributed by atoms with Crippen LogP contribution in [0, 0.1) is 0 Å². The van der Waals surface area contributed by atoms with Gasteiger partial charge in [-0.05, 0) is 47.5 Å². The topological polar surface area (TPSA) is 0 Å². The summed E-state index contributed by atoms with van der Waals surface area (Å²) in [5, 5.41) is 7.46. The molecule has 1 heterocycles. The van der Waals surface area contributed by atoms with Gasteiger partial charge in [0.05, 0.1) is 0 Å². The second kappa shape index (κ2) is 9.15. The minimum Gasteiger partial charge on any atom is -0.0622 e. The van der Waals surface area contributed by atoms with Gasteiger partial charge in [0, 0.05) is 10.6 Å². The number of rotatable bonds is 6. The molecule has 0 spiro atoms. The molecular weight excluding hydrogens is 446 g/mol. The highest BCUT2D eigenvalue weighted by molar-refractivity contribution is 8.57. The van der Waals surface area contributed by atoms with E-state index in [0.29, 0.717) is 0 Å². The Balaban J connectivity index is 1.67. The van der Waals surface area contributed by atoms with Crippen LogP contribution in [0.2, 0.25) is 0 Å². The fourth-order valence-electron chi connectivity index (χ4n) is 4.89. The van der Waals surface area contributed by atoms with Gasteiger partial charge in [0.25, 0.3) is 0 Å². The first kappa shape index (κ1) is 21.2. The Morgan fingerprint density at radius 1 is 0.324 bits per heavy atom. The van der Waals surface area contributed by atoms with Crippen molar-refractivity contribution in [1.29, 1.82) is 0 Å². The summed E-state index contributed by atoms with van der Waals surface area (Å²) in [5.74, 6) is 0. The van der Waals surface area contributed by atoms with Gasteiger partial charge >= 0.3 is 0 Å². The molecule has 0 N–H and O–H groups in total. The van der Waals surface area contributed by atoms with Crippen molar-refractivity contribution in [3.63, 3.8) is 0 Å². The fourth-order valence-corrected chi connectivity index (χ4v) is 16.9. The molecule has 0 aliphatic carbocycles. The molecule has 0 saturated heterocycles. The summed E-state index contributed by atoms with van der Waals surface area (Å²) in [6.07, 6.45) is 0. The highest BCUT2D eigenvalue weighted by atomic mass is 32.1. The van der Waals surface area contributed by atoms with E-state index in [2.05, 4.69) is 152 Å². The van der Waals surface area contributed by atoms with Gasteiger partial charge in [-0.15, -0.1) is 0 Å². The summed E-state index contributed by atoms with van der Waals surface area (Å²) in [5.41, 5.74) is 2.72. The predicted molar refractivity (Wildman–Crippen MR) is 152 cm³/mol. The van der Waals surface area contributed by atoms with Crippen LogP contribution in [0.25, 0.3) is 10.6 Å². The van der Waals surface area contributed by atoms with E-state index in [1.54, 1.807) is 10.6 Å². The zero-order valence-electron chi connectivity index (χ0n) is 18.8. The first-order chi connectivity index (χ1) is 16.9. The lowest BCUT2D eigenvalue weighted by molar-refractivity contribution is 1.65. The lowest BCUT2D eigenvalue weighted by Crippen LogP contribution is -2.28.